The Labute approximate surface area is 111 Å². The van der Waals surface area contributed by atoms with Crippen molar-refractivity contribution in [1.29, 1.82) is 5.26 Å². The molecule has 1 aromatic carbocycles. The summed E-state index contributed by atoms with van der Waals surface area (Å²) in [5.74, 6) is 0.712. The van der Waals surface area contributed by atoms with Crippen molar-refractivity contribution in [3.8, 4) is 23.1 Å². The second kappa shape index (κ2) is 5.65. The Hall–Kier alpha value is -1.86. The Kier molecular flexibility index (Phi) is 3.96. The summed E-state index contributed by atoms with van der Waals surface area (Å²) in [5.41, 5.74) is 1.92. The molecule has 0 saturated carbocycles. The molecule has 0 aliphatic heterocycles. The van der Waals surface area contributed by atoms with Gasteiger partial charge in [-0.3, -0.25) is 0 Å². The molecule has 0 amide bonds. The molecular weight excluding hydrogens is 244 g/mol. The van der Waals surface area contributed by atoms with Gasteiger partial charge >= 0.3 is 0 Å². The fraction of sp³-hybridized carbons (Fsp3) is 0.286. The van der Waals surface area contributed by atoms with Gasteiger partial charge in [0, 0.05) is 10.9 Å². The van der Waals surface area contributed by atoms with Crippen molar-refractivity contribution in [3.63, 3.8) is 0 Å². The summed E-state index contributed by atoms with van der Waals surface area (Å²) < 4.78 is 5.20. The van der Waals surface area contributed by atoms with Crippen LogP contribution in [0, 0.1) is 11.3 Å². The summed E-state index contributed by atoms with van der Waals surface area (Å²) in [6.07, 6.45) is 0.793. The van der Waals surface area contributed by atoms with E-state index in [0.717, 1.165) is 28.4 Å². The molecule has 92 valence electrons. The van der Waals surface area contributed by atoms with Crippen LogP contribution in [0.3, 0.4) is 0 Å². The maximum Gasteiger partial charge on any atom is 0.119 e. The third kappa shape index (κ3) is 2.52. The van der Waals surface area contributed by atoms with E-state index >= 15 is 0 Å². The molecule has 1 atom stereocenters. The Morgan fingerprint density at radius 3 is 3.00 bits per heavy atom. The first-order valence-corrected chi connectivity index (χ1v) is 6.66. The summed E-state index contributed by atoms with van der Waals surface area (Å²) in [4.78, 5) is 4.54. The summed E-state index contributed by atoms with van der Waals surface area (Å²) in [6.45, 7) is 2.00. The van der Waals surface area contributed by atoms with Crippen LogP contribution < -0.4 is 4.74 Å². The van der Waals surface area contributed by atoms with Crippen LogP contribution in [0.1, 0.15) is 24.3 Å². The van der Waals surface area contributed by atoms with Crippen LogP contribution in [0.5, 0.6) is 5.75 Å². The van der Waals surface area contributed by atoms with E-state index in [9.17, 15) is 0 Å². The van der Waals surface area contributed by atoms with Crippen LogP contribution in [0.4, 0.5) is 0 Å². The monoisotopic (exact) mass is 258 g/mol. The molecule has 2 rings (SSSR count). The quantitative estimate of drug-likeness (QED) is 0.837. The number of thiazole rings is 1. The fourth-order valence-electron chi connectivity index (χ4n) is 1.68. The summed E-state index contributed by atoms with van der Waals surface area (Å²) >= 11 is 1.54. The minimum absolute atomic E-state index is 0.102. The molecule has 4 heteroatoms. The number of hydrogen-bond donors (Lipinski definition) is 0. The van der Waals surface area contributed by atoms with E-state index in [4.69, 9.17) is 10.00 Å². The Morgan fingerprint density at radius 2 is 2.33 bits per heavy atom. The highest BCUT2D eigenvalue weighted by molar-refractivity contribution is 7.10. The van der Waals surface area contributed by atoms with E-state index in [1.165, 1.54) is 0 Å². The van der Waals surface area contributed by atoms with Crippen molar-refractivity contribution >= 4 is 11.3 Å². The van der Waals surface area contributed by atoms with Crippen LogP contribution in [-0.2, 0) is 0 Å². The molecule has 1 unspecified atom stereocenters. The van der Waals surface area contributed by atoms with Crippen LogP contribution in [-0.4, -0.2) is 12.1 Å². The first kappa shape index (κ1) is 12.6. The van der Waals surface area contributed by atoms with Gasteiger partial charge in [0.05, 0.1) is 24.8 Å². The lowest BCUT2D eigenvalue weighted by Crippen LogP contribution is -1.92. The number of aromatic nitrogens is 1. The predicted molar refractivity (Wildman–Crippen MR) is 72.7 cm³/mol. The molecule has 0 saturated heterocycles. The zero-order valence-corrected chi connectivity index (χ0v) is 11.2. The Bertz CT molecular complexity index is 571. The van der Waals surface area contributed by atoms with E-state index in [0.29, 0.717) is 0 Å². The third-order valence-electron chi connectivity index (χ3n) is 2.75. The number of nitriles is 1. The normalized spacial score (nSPS) is 11.8. The molecule has 0 bridgehead atoms. The van der Waals surface area contributed by atoms with E-state index in [1.807, 2.05) is 36.6 Å². The Morgan fingerprint density at radius 1 is 1.50 bits per heavy atom. The molecule has 2 aromatic rings. The topological polar surface area (TPSA) is 45.9 Å². The molecule has 0 fully saturated rings. The molecule has 0 radical (unpaired) electrons. The van der Waals surface area contributed by atoms with E-state index < -0.39 is 0 Å². The first-order chi connectivity index (χ1) is 8.78. The van der Waals surface area contributed by atoms with Crippen molar-refractivity contribution in [2.45, 2.75) is 19.3 Å². The van der Waals surface area contributed by atoms with Gasteiger partial charge in [0.2, 0.25) is 0 Å². The second-order valence-corrected chi connectivity index (χ2v) is 4.78. The molecular formula is C14H14N2OS. The second-order valence-electron chi connectivity index (χ2n) is 3.89. The highest BCUT2D eigenvalue weighted by Crippen LogP contribution is 2.29. The highest BCUT2D eigenvalue weighted by Gasteiger charge is 2.13. The van der Waals surface area contributed by atoms with Gasteiger partial charge in [-0.2, -0.15) is 5.26 Å². The minimum atomic E-state index is -0.102. The molecule has 0 aliphatic rings. The maximum atomic E-state index is 9.04. The van der Waals surface area contributed by atoms with Gasteiger partial charge in [-0.25, -0.2) is 4.98 Å². The van der Waals surface area contributed by atoms with Crippen molar-refractivity contribution < 1.29 is 4.74 Å². The lowest BCUT2D eigenvalue weighted by molar-refractivity contribution is 0.415. The predicted octanol–water partition coefficient (Wildman–Crippen LogP) is 3.84. The summed E-state index contributed by atoms with van der Waals surface area (Å²) in [6, 6.07) is 10.1. The van der Waals surface area contributed by atoms with Crippen molar-refractivity contribution in [1.82, 2.24) is 4.98 Å². The van der Waals surface area contributed by atoms with E-state index in [-0.39, 0.29) is 5.92 Å². The smallest absolute Gasteiger partial charge is 0.119 e. The van der Waals surface area contributed by atoms with Crippen LogP contribution in [0.2, 0.25) is 0 Å². The van der Waals surface area contributed by atoms with Gasteiger partial charge in [-0.05, 0) is 18.6 Å². The molecule has 0 spiro atoms. The maximum absolute atomic E-state index is 9.04. The largest absolute Gasteiger partial charge is 0.497 e. The lowest BCUT2D eigenvalue weighted by atomic mass is 10.1. The van der Waals surface area contributed by atoms with Gasteiger partial charge in [-0.1, -0.05) is 19.1 Å². The van der Waals surface area contributed by atoms with Crippen molar-refractivity contribution in [2.24, 2.45) is 0 Å². The molecule has 0 aliphatic carbocycles. The van der Waals surface area contributed by atoms with Gasteiger partial charge in [0.15, 0.2) is 0 Å². The van der Waals surface area contributed by atoms with E-state index in [1.54, 1.807) is 18.4 Å². The number of rotatable bonds is 4. The molecule has 3 nitrogen and oxygen atoms in total. The highest BCUT2D eigenvalue weighted by atomic mass is 32.1. The first-order valence-electron chi connectivity index (χ1n) is 5.78. The SMILES string of the molecule is CCC(C#N)c1nc(-c2cccc(OC)c2)cs1. The summed E-state index contributed by atoms with van der Waals surface area (Å²) in [5, 5.41) is 11.9. The standard InChI is InChI=1S/C14H14N2OS/c1-3-10(8-15)14-16-13(9-18-14)11-5-4-6-12(7-11)17-2/h4-7,9-10H,3H2,1-2H3. The average molecular weight is 258 g/mol. The zero-order chi connectivity index (χ0) is 13.0. The van der Waals surface area contributed by atoms with E-state index in [2.05, 4.69) is 11.1 Å². The lowest BCUT2D eigenvalue weighted by Gasteiger charge is -2.02. The average Bonchev–Trinajstić information content (AvgIpc) is 2.90. The minimum Gasteiger partial charge on any atom is -0.497 e. The van der Waals surface area contributed by atoms with Gasteiger partial charge in [-0.15, -0.1) is 11.3 Å². The van der Waals surface area contributed by atoms with Crippen LogP contribution in [0.25, 0.3) is 11.3 Å². The van der Waals surface area contributed by atoms with Crippen molar-refractivity contribution in [3.05, 3.63) is 34.7 Å². The number of nitrogens with zero attached hydrogens (tertiary/aromatic N) is 2. The molecule has 1 aromatic heterocycles. The van der Waals surface area contributed by atoms with Gasteiger partial charge in [0.25, 0.3) is 0 Å². The molecule has 0 N–H and O–H groups in total. The zero-order valence-electron chi connectivity index (χ0n) is 10.4. The van der Waals surface area contributed by atoms with Crippen molar-refractivity contribution in [2.75, 3.05) is 7.11 Å². The third-order valence-corrected chi connectivity index (χ3v) is 3.71. The molecule has 18 heavy (non-hydrogen) atoms. The van der Waals surface area contributed by atoms with Gasteiger partial charge < -0.3 is 4.74 Å². The number of methoxy groups -OCH3 is 1. The summed E-state index contributed by atoms with van der Waals surface area (Å²) in [7, 11) is 1.65. The number of benzene rings is 1. The number of ether oxygens (including phenoxy) is 1. The number of hydrogen-bond acceptors (Lipinski definition) is 4. The van der Waals surface area contributed by atoms with Gasteiger partial charge in [0.1, 0.15) is 10.8 Å². The molecule has 1 heterocycles. The fourth-order valence-corrected chi connectivity index (χ4v) is 2.64. The van der Waals surface area contributed by atoms with Crippen LogP contribution >= 0.6 is 11.3 Å². The Balaban J connectivity index is 2.32. The van der Waals surface area contributed by atoms with Crippen LogP contribution in [0.15, 0.2) is 29.6 Å².